The van der Waals surface area contributed by atoms with Gasteiger partial charge in [-0.1, -0.05) is 26.0 Å². The molecular formula is C24H22N2O5. The Labute approximate surface area is 180 Å². The highest BCUT2D eigenvalue weighted by Gasteiger charge is 2.44. The molecule has 0 spiro atoms. The summed E-state index contributed by atoms with van der Waals surface area (Å²) in [7, 11) is 0. The molecule has 0 fully saturated rings. The normalized spacial score (nSPS) is 15.9. The van der Waals surface area contributed by atoms with Crippen molar-refractivity contribution in [1.29, 1.82) is 5.26 Å². The lowest BCUT2D eigenvalue weighted by Crippen LogP contribution is -2.31. The SMILES string of the molecule is CC(=O)Oc1cccc(C2C(C(=O)CC(C)C)=C(O)C(=O)N2c2ccc(C#N)cc2)c1. The van der Waals surface area contributed by atoms with Crippen molar-refractivity contribution in [2.75, 3.05) is 4.90 Å². The quantitative estimate of drug-likeness (QED) is 0.561. The zero-order valence-electron chi connectivity index (χ0n) is 17.5. The summed E-state index contributed by atoms with van der Waals surface area (Å²) in [5.41, 5.74) is 1.35. The monoisotopic (exact) mass is 418 g/mol. The van der Waals surface area contributed by atoms with Crippen LogP contribution in [-0.2, 0) is 14.4 Å². The van der Waals surface area contributed by atoms with E-state index in [1.807, 2.05) is 19.9 Å². The molecule has 0 bridgehead atoms. The highest BCUT2D eigenvalue weighted by molar-refractivity contribution is 6.16. The Morgan fingerprint density at radius 2 is 1.87 bits per heavy atom. The molecule has 1 N–H and O–H groups in total. The average Bonchev–Trinajstić information content (AvgIpc) is 2.98. The molecule has 0 aromatic heterocycles. The van der Waals surface area contributed by atoms with E-state index in [0.717, 1.165) is 0 Å². The maximum atomic E-state index is 13.0. The molecule has 0 saturated heterocycles. The fourth-order valence-corrected chi connectivity index (χ4v) is 3.56. The minimum Gasteiger partial charge on any atom is -0.503 e. The first-order valence-electron chi connectivity index (χ1n) is 9.81. The first kappa shape index (κ1) is 21.8. The largest absolute Gasteiger partial charge is 0.503 e. The number of nitriles is 1. The van der Waals surface area contributed by atoms with E-state index in [9.17, 15) is 19.5 Å². The van der Waals surface area contributed by atoms with Gasteiger partial charge in [-0.2, -0.15) is 5.26 Å². The van der Waals surface area contributed by atoms with E-state index in [1.165, 1.54) is 11.8 Å². The number of carbonyl (C=O) groups is 3. The second-order valence-electron chi connectivity index (χ2n) is 7.69. The van der Waals surface area contributed by atoms with Gasteiger partial charge in [0.15, 0.2) is 11.5 Å². The number of ether oxygens (including phenoxy) is 1. The van der Waals surface area contributed by atoms with E-state index in [2.05, 4.69) is 0 Å². The fraction of sp³-hybridized carbons (Fsp3) is 0.250. The van der Waals surface area contributed by atoms with Crippen LogP contribution in [0.15, 0.2) is 59.9 Å². The van der Waals surface area contributed by atoms with Gasteiger partial charge in [0.2, 0.25) is 0 Å². The van der Waals surface area contributed by atoms with Crippen molar-refractivity contribution in [2.45, 2.75) is 33.2 Å². The molecule has 158 valence electrons. The van der Waals surface area contributed by atoms with E-state index >= 15 is 0 Å². The van der Waals surface area contributed by atoms with Crippen LogP contribution in [-0.4, -0.2) is 22.8 Å². The van der Waals surface area contributed by atoms with Crippen LogP contribution in [0.3, 0.4) is 0 Å². The lowest BCUT2D eigenvalue weighted by atomic mass is 9.92. The van der Waals surface area contributed by atoms with Gasteiger partial charge in [-0.05, 0) is 47.9 Å². The number of rotatable bonds is 6. The van der Waals surface area contributed by atoms with Crippen LogP contribution in [0.2, 0.25) is 0 Å². The van der Waals surface area contributed by atoms with Crippen LogP contribution >= 0.6 is 0 Å². The predicted molar refractivity (Wildman–Crippen MR) is 113 cm³/mol. The van der Waals surface area contributed by atoms with Crippen LogP contribution in [0.1, 0.15) is 44.4 Å². The van der Waals surface area contributed by atoms with E-state index < -0.39 is 23.7 Å². The van der Waals surface area contributed by atoms with Crippen molar-refractivity contribution in [3.8, 4) is 11.8 Å². The third-order valence-corrected chi connectivity index (χ3v) is 4.81. The third-order valence-electron chi connectivity index (χ3n) is 4.81. The van der Waals surface area contributed by atoms with Crippen LogP contribution in [0.5, 0.6) is 5.75 Å². The number of ketones is 1. The molecule has 31 heavy (non-hydrogen) atoms. The Morgan fingerprint density at radius 3 is 2.45 bits per heavy atom. The summed E-state index contributed by atoms with van der Waals surface area (Å²) in [5.74, 6) is -1.85. The van der Waals surface area contributed by atoms with Gasteiger partial charge < -0.3 is 9.84 Å². The number of Topliss-reactive ketones (excluding diaryl/α,β-unsaturated/α-hetero) is 1. The summed E-state index contributed by atoms with van der Waals surface area (Å²) in [5, 5.41) is 19.7. The van der Waals surface area contributed by atoms with Gasteiger partial charge in [-0.25, -0.2) is 0 Å². The second kappa shape index (κ2) is 8.84. The van der Waals surface area contributed by atoms with Crippen molar-refractivity contribution in [3.63, 3.8) is 0 Å². The number of hydrogen-bond acceptors (Lipinski definition) is 6. The van der Waals surface area contributed by atoms with Crippen molar-refractivity contribution in [1.82, 2.24) is 0 Å². The van der Waals surface area contributed by atoms with Crippen molar-refractivity contribution < 1.29 is 24.2 Å². The van der Waals surface area contributed by atoms with Gasteiger partial charge in [0.1, 0.15) is 5.75 Å². The Morgan fingerprint density at radius 1 is 1.19 bits per heavy atom. The number of hydrogen-bond donors (Lipinski definition) is 1. The van der Waals surface area contributed by atoms with Crippen LogP contribution in [0, 0.1) is 17.2 Å². The fourth-order valence-electron chi connectivity index (χ4n) is 3.56. The minimum absolute atomic E-state index is 0.00281. The van der Waals surface area contributed by atoms with Crippen LogP contribution in [0.4, 0.5) is 5.69 Å². The summed E-state index contributed by atoms with van der Waals surface area (Å²) in [6, 6.07) is 13.9. The first-order valence-corrected chi connectivity index (χ1v) is 9.81. The third kappa shape index (κ3) is 4.48. The van der Waals surface area contributed by atoms with E-state index in [0.29, 0.717) is 16.8 Å². The summed E-state index contributed by atoms with van der Waals surface area (Å²) >= 11 is 0. The molecule has 1 amide bonds. The standard InChI is InChI=1S/C24H22N2O5/c1-14(2)11-20(28)21-22(17-5-4-6-19(12-17)31-15(3)27)26(24(30)23(21)29)18-9-7-16(13-25)8-10-18/h4-10,12,14,22,29H,11H2,1-3H3. The molecule has 0 radical (unpaired) electrons. The molecule has 3 rings (SSSR count). The Balaban J connectivity index is 2.14. The average molecular weight is 418 g/mol. The number of esters is 1. The molecule has 2 aromatic carbocycles. The summed E-state index contributed by atoms with van der Waals surface area (Å²) in [6.45, 7) is 5.03. The molecule has 0 aliphatic carbocycles. The second-order valence-corrected chi connectivity index (χ2v) is 7.69. The van der Waals surface area contributed by atoms with E-state index in [4.69, 9.17) is 10.00 Å². The van der Waals surface area contributed by atoms with Gasteiger partial charge in [0.05, 0.1) is 23.2 Å². The summed E-state index contributed by atoms with van der Waals surface area (Å²) < 4.78 is 5.16. The molecule has 1 heterocycles. The van der Waals surface area contributed by atoms with E-state index in [1.54, 1.807) is 48.5 Å². The number of amides is 1. The number of nitrogens with zero attached hydrogens (tertiary/aromatic N) is 2. The van der Waals surface area contributed by atoms with Crippen molar-refractivity contribution in [2.24, 2.45) is 5.92 Å². The summed E-state index contributed by atoms with van der Waals surface area (Å²) in [4.78, 5) is 38.7. The van der Waals surface area contributed by atoms with Gasteiger partial charge in [0.25, 0.3) is 5.91 Å². The minimum atomic E-state index is -0.901. The highest BCUT2D eigenvalue weighted by Crippen LogP contribution is 2.42. The molecule has 0 saturated carbocycles. The predicted octanol–water partition coefficient (Wildman–Crippen LogP) is 4.00. The zero-order chi connectivity index (χ0) is 22.7. The molecule has 1 aliphatic rings. The van der Waals surface area contributed by atoms with Crippen LogP contribution < -0.4 is 9.64 Å². The molecular weight excluding hydrogens is 396 g/mol. The zero-order valence-corrected chi connectivity index (χ0v) is 17.5. The number of aliphatic hydroxyl groups excluding tert-OH is 1. The maximum absolute atomic E-state index is 13.0. The molecule has 7 heteroatoms. The number of anilines is 1. The number of benzene rings is 2. The van der Waals surface area contributed by atoms with Gasteiger partial charge in [-0.15, -0.1) is 0 Å². The lowest BCUT2D eigenvalue weighted by molar-refractivity contribution is -0.132. The maximum Gasteiger partial charge on any atom is 0.308 e. The molecule has 2 aromatic rings. The van der Waals surface area contributed by atoms with Crippen molar-refractivity contribution >= 4 is 23.3 Å². The molecule has 1 aliphatic heterocycles. The van der Waals surface area contributed by atoms with Gasteiger partial charge in [0, 0.05) is 19.0 Å². The smallest absolute Gasteiger partial charge is 0.308 e. The first-order chi connectivity index (χ1) is 14.7. The molecule has 1 atom stereocenters. The summed E-state index contributed by atoms with van der Waals surface area (Å²) in [6.07, 6.45) is 0.161. The van der Waals surface area contributed by atoms with Crippen molar-refractivity contribution in [3.05, 3.63) is 71.0 Å². The molecule has 7 nitrogen and oxygen atoms in total. The Kier molecular flexibility index (Phi) is 6.21. The van der Waals surface area contributed by atoms with Crippen LogP contribution in [0.25, 0.3) is 0 Å². The molecule has 1 unspecified atom stereocenters. The lowest BCUT2D eigenvalue weighted by Gasteiger charge is -2.27. The topological polar surface area (TPSA) is 108 Å². The Bertz CT molecular complexity index is 1110. The van der Waals surface area contributed by atoms with Gasteiger partial charge >= 0.3 is 5.97 Å². The van der Waals surface area contributed by atoms with Gasteiger partial charge in [-0.3, -0.25) is 19.3 Å². The number of carbonyl (C=O) groups excluding carboxylic acids is 3. The Hall–Kier alpha value is -3.92. The number of aliphatic hydroxyl groups is 1. The highest BCUT2D eigenvalue weighted by atomic mass is 16.5. The van der Waals surface area contributed by atoms with E-state index in [-0.39, 0.29) is 29.4 Å².